The maximum absolute atomic E-state index is 13.1. The second-order valence-electron chi connectivity index (χ2n) is 8.63. The second-order valence-corrected chi connectivity index (χ2v) is 8.63. The van der Waals surface area contributed by atoms with Gasteiger partial charge in [0.05, 0.1) is 26.5 Å². The van der Waals surface area contributed by atoms with Gasteiger partial charge in [-0.1, -0.05) is 54.6 Å². The van der Waals surface area contributed by atoms with E-state index >= 15 is 0 Å². The molecule has 1 saturated heterocycles. The van der Waals surface area contributed by atoms with Crippen LogP contribution >= 0.6 is 0 Å². The Morgan fingerprint density at radius 2 is 1.59 bits per heavy atom. The summed E-state index contributed by atoms with van der Waals surface area (Å²) >= 11 is 0. The summed E-state index contributed by atoms with van der Waals surface area (Å²) in [6, 6.07) is 21.5. The predicted molar refractivity (Wildman–Crippen MR) is 133 cm³/mol. The molecule has 0 saturated carbocycles. The fourth-order valence-electron chi connectivity index (χ4n) is 4.65. The van der Waals surface area contributed by atoms with Gasteiger partial charge in [0.1, 0.15) is 5.75 Å². The Balaban J connectivity index is 1.46. The number of anilines is 1. The fraction of sp³-hybridized carbons (Fsp3) is 0.333. The van der Waals surface area contributed by atoms with E-state index in [2.05, 4.69) is 15.1 Å². The Labute approximate surface area is 200 Å². The third-order valence-electron chi connectivity index (χ3n) is 6.48. The molecule has 0 aromatic heterocycles. The number of rotatable bonds is 7. The number of fused-ring (bicyclic) bond motifs is 1. The summed E-state index contributed by atoms with van der Waals surface area (Å²) in [4.78, 5) is 30.4. The molecule has 34 heavy (non-hydrogen) atoms. The summed E-state index contributed by atoms with van der Waals surface area (Å²) in [7, 11) is 3.02. The van der Waals surface area contributed by atoms with Gasteiger partial charge in [-0.25, -0.2) is 4.79 Å². The SMILES string of the molecule is COC(=O)[C@](C)(NC(=O)CN1CCN(c2ccccc2OC)CC1)c1cccc2ccccc12. The Kier molecular flexibility index (Phi) is 7.03. The van der Waals surface area contributed by atoms with E-state index in [9.17, 15) is 9.59 Å². The van der Waals surface area contributed by atoms with Crippen molar-refractivity contribution in [1.82, 2.24) is 10.2 Å². The van der Waals surface area contributed by atoms with E-state index in [0.717, 1.165) is 48.4 Å². The van der Waals surface area contributed by atoms with Crippen LogP contribution < -0.4 is 15.0 Å². The number of esters is 1. The highest BCUT2D eigenvalue weighted by atomic mass is 16.5. The van der Waals surface area contributed by atoms with Gasteiger partial charge in [0, 0.05) is 26.2 Å². The Morgan fingerprint density at radius 3 is 2.32 bits per heavy atom. The molecule has 0 bridgehead atoms. The van der Waals surface area contributed by atoms with Crippen molar-refractivity contribution in [1.29, 1.82) is 0 Å². The Hall–Kier alpha value is -3.58. The van der Waals surface area contributed by atoms with Crippen molar-refractivity contribution in [2.24, 2.45) is 0 Å². The summed E-state index contributed by atoms with van der Waals surface area (Å²) in [5.41, 5.74) is 0.474. The number of hydrogen-bond donors (Lipinski definition) is 1. The lowest BCUT2D eigenvalue weighted by molar-refractivity contribution is -0.150. The third-order valence-corrected chi connectivity index (χ3v) is 6.48. The number of piperazine rings is 1. The number of benzene rings is 3. The normalized spacial score (nSPS) is 16.0. The van der Waals surface area contributed by atoms with Gasteiger partial charge in [-0.3, -0.25) is 9.69 Å². The lowest BCUT2D eigenvalue weighted by atomic mass is 9.87. The molecule has 1 aliphatic rings. The number of para-hydroxylation sites is 2. The number of methoxy groups -OCH3 is 2. The van der Waals surface area contributed by atoms with Crippen LogP contribution in [0, 0.1) is 0 Å². The smallest absolute Gasteiger partial charge is 0.336 e. The maximum Gasteiger partial charge on any atom is 0.336 e. The van der Waals surface area contributed by atoms with E-state index in [1.54, 1.807) is 14.0 Å². The van der Waals surface area contributed by atoms with Gasteiger partial charge < -0.3 is 19.7 Å². The summed E-state index contributed by atoms with van der Waals surface area (Å²) in [6.07, 6.45) is 0. The first kappa shape index (κ1) is 23.6. The van der Waals surface area contributed by atoms with Crippen LogP contribution in [-0.4, -0.2) is 63.7 Å². The molecule has 1 fully saturated rings. The molecule has 3 aromatic rings. The Morgan fingerprint density at radius 1 is 0.912 bits per heavy atom. The minimum Gasteiger partial charge on any atom is -0.495 e. The quantitative estimate of drug-likeness (QED) is 0.545. The molecular weight excluding hydrogens is 430 g/mol. The minimum atomic E-state index is -1.30. The molecule has 1 N–H and O–H groups in total. The van der Waals surface area contributed by atoms with Crippen molar-refractivity contribution < 1.29 is 19.1 Å². The highest BCUT2D eigenvalue weighted by Crippen LogP contribution is 2.31. The van der Waals surface area contributed by atoms with Crippen molar-refractivity contribution in [3.8, 4) is 5.75 Å². The maximum atomic E-state index is 13.1. The molecule has 1 aliphatic heterocycles. The summed E-state index contributed by atoms with van der Waals surface area (Å²) in [5.74, 6) is 0.127. The molecule has 178 valence electrons. The van der Waals surface area contributed by atoms with Crippen LogP contribution in [0.2, 0.25) is 0 Å². The number of nitrogens with one attached hydrogen (secondary N) is 1. The van der Waals surface area contributed by atoms with Gasteiger partial charge in [-0.2, -0.15) is 0 Å². The van der Waals surface area contributed by atoms with Crippen LogP contribution in [0.1, 0.15) is 12.5 Å². The van der Waals surface area contributed by atoms with E-state index < -0.39 is 11.5 Å². The van der Waals surface area contributed by atoms with Gasteiger partial charge in [-0.15, -0.1) is 0 Å². The topological polar surface area (TPSA) is 71.1 Å². The number of carbonyl (C=O) groups excluding carboxylic acids is 2. The number of amides is 1. The van der Waals surface area contributed by atoms with Crippen LogP contribution in [-0.2, 0) is 19.9 Å². The van der Waals surface area contributed by atoms with Crippen molar-refractivity contribution in [3.63, 3.8) is 0 Å². The van der Waals surface area contributed by atoms with Crippen molar-refractivity contribution >= 4 is 28.3 Å². The molecule has 7 heteroatoms. The van der Waals surface area contributed by atoms with Gasteiger partial charge >= 0.3 is 5.97 Å². The second kappa shape index (κ2) is 10.1. The molecule has 1 heterocycles. The van der Waals surface area contributed by atoms with Crippen molar-refractivity contribution in [2.75, 3.05) is 51.8 Å². The van der Waals surface area contributed by atoms with E-state index in [-0.39, 0.29) is 12.5 Å². The fourth-order valence-corrected chi connectivity index (χ4v) is 4.65. The van der Waals surface area contributed by atoms with Gasteiger partial charge in [0.15, 0.2) is 5.54 Å². The third kappa shape index (κ3) is 4.70. The van der Waals surface area contributed by atoms with E-state index in [1.165, 1.54) is 7.11 Å². The molecule has 1 atom stereocenters. The molecule has 7 nitrogen and oxygen atoms in total. The van der Waals surface area contributed by atoms with E-state index in [0.29, 0.717) is 5.56 Å². The molecule has 0 unspecified atom stereocenters. The van der Waals surface area contributed by atoms with Gasteiger partial charge in [-0.05, 0) is 35.4 Å². The van der Waals surface area contributed by atoms with Crippen LogP contribution in [0.25, 0.3) is 10.8 Å². The average molecular weight is 462 g/mol. The van der Waals surface area contributed by atoms with Crippen LogP contribution in [0.4, 0.5) is 5.69 Å². The molecule has 0 radical (unpaired) electrons. The lowest BCUT2D eigenvalue weighted by Crippen LogP contribution is -2.55. The first-order valence-electron chi connectivity index (χ1n) is 11.4. The predicted octanol–water partition coefficient (Wildman–Crippen LogP) is 3.18. The zero-order valence-corrected chi connectivity index (χ0v) is 19.9. The standard InChI is InChI=1S/C27H31N3O4/c1-27(26(32)34-3,22-12-8-10-20-9-4-5-11-21(20)22)28-25(31)19-29-15-17-30(18-16-29)23-13-6-7-14-24(23)33-2/h4-14H,15-19H2,1-3H3,(H,28,31)/t27-/m1/s1. The summed E-state index contributed by atoms with van der Waals surface area (Å²) in [5, 5.41) is 4.88. The molecule has 3 aromatic carbocycles. The van der Waals surface area contributed by atoms with E-state index in [1.807, 2.05) is 66.7 Å². The van der Waals surface area contributed by atoms with Crippen molar-refractivity contribution in [3.05, 3.63) is 72.3 Å². The molecule has 0 spiro atoms. The monoisotopic (exact) mass is 461 g/mol. The summed E-state index contributed by atoms with van der Waals surface area (Å²) < 4.78 is 10.6. The highest BCUT2D eigenvalue weighted by Gasteiger charge is 2.39. The highest BCUT2D eigenvalue weighted by molar-refractivity contribution is 5.96. The zero-order valence-electron chi connectivity index (χ0n) is 19.9. The van der Waals surface area contributed by atoms with E-state index in [4.69, 9.17) is 9.47 Å². The van der Waals surface area contributed by atoms with Gasteiger partial charge in [0.2, 0.25) is 5.91 Å². The molecule has 1 amide bonds. The van der Waals surface area contributed by atoms with Crippen molar-refractivity contribution in [2.45, 2.75) is 12.5 Å². The van der Waals surface area contributed by atoms with Crippen LogP contribution in [0.3, 0.4) is 0 Å². The van der Waals surface area contributed by atoms with Crippen LogP contribution in [0.15, 0.2) is 66.7 Å². The minimum absolute atomic E-state index is 0.205. The number of nitrogens with zero attached hydrogens (tertiary/aromatic N) is 2. The number of carbonyl (C=O) groups is 2. The largest absolute Gasteiger partial charge is 0.495 e. The average Bonchev–Trinajstić information content (AvgIpc) is 2.88. The Bertz CT molecular complexity index is 1170. The van der Waals surface area contributed by atoms with Crippen LogP contribution in [0.5, 0.6) is 5.75 Å². The zero-order chi connectivity index (χ0) is 24.1. The number of hydrogen-bond acceptors (Lipinski definition) is 6. The lowest BCUT2D eigenvalue weighted by Gasteiger charge is -2.37. The first-order chi connectivity index (χ1) is 16.5. The van der Waals surface area contributed by atoms with Gasteiger partial charge in [0.25, 0.3) is 0 Å². The molecule has 0 aliphatic carbocycles. The molecule has 4 rings (SSSR count). The molecular formula is C27H31N3O4. The summed E-state index contributed by atoms with van der Waals surface area (Å²) in [6.45, 7) is 4.94. The number of ether oxygens (including phenoxy) is 2. The first-order valence-corrected chi connectivity index (χ1v) is 11.4.